The van der Waals surface area contributed by atoms with Gasteiger partial charge in [0.1, 0.15) is 5.75 Å². The molecule has 1 aromatic rings. The Labute approximate surface area is 106 Å². The highest BCUT2D eigenvalue weighted by Gasteiger charge is 1.96. The van der Waals surface area contributed by atoms with Crippen LogP contribution in [0.4, 0.5) is 0 Å². The van der Waals surface area contributed by atoms with Gasteiger partial charge in [0.25, 0.3) is 0 Å². The highest BCUT2D eigenvalue weighted by atomic mass is 79.9. The van der Waals surface area contributed by atoms with Crippen LogP contribution in [0, 0.1) is 0 Å². The molecule has 0 unspecified atom stereocenters. The van der Waals surface area contributed by atoms with Crippen LogP contribution in [-0.4, -0.2) is 45.3 Å². The topological polar surface area (TPSA) is 27.7 Å². The fraction of sp³-hybridized carbons (Fsp3) is 0.400. The zero-order valence-corrected chi connectivity index (χ0v) is 11.7. The summed E-state index contributed by atoms with van der Waals surface area (Å²) in [7, 11) is 1.65. The summed E-state index contributed by atoms with van der Waals surface area (Å²) in [5, 5.41) is 0. The number of hydrogen-bond donors (Lipinski definition) is 0. The number of hydrogen-bond acceptors (Lipinski definition) is 3. The predicted octanol–water partition coefficient (Wildman–Crippen LogP) is 1.33. The van der Waals surface area contributed by atoms with Gasteiger partial charge in [-0.25, -0.2) is 0 Å². The lowest BCUT2D eigenvalue weighted by molar-refractivity contribution is -0.00846. The van der Waals surface area contributed by atoms with Crippen molar-refractivity contribution in [1.82, 2.24) is 0 Å². The Morgan fingerprint density at radius 2 is 1.93 bits per heavy atom. The van der Waals surface area contributed by atoms with Crippen molar-refractivity contribution in [3.8, 4) is 5.75 Å². The Balaban J connectivity index is 2.20. The molecule has 0 saturated heterocycles. The van der Waals surface area contributed by atoms with E-state index in [2.05, 4.69) is 25.0 Å². The van der Waals surface area contributed by atoms with Gasteiger partial charge in [0, 0.05) is 7.11 Å². The third-order valence-electron chi connectivity index (χ3n) is 1.82. The molecule has 0 saturated carbocycles. The van der Waals surface area contributed by atoms with Crippen LogP contribution in [-0.2, 0) is 9.47 Å². The molecule has 0 aliphatic rings. The first kappa shape index (κ1) is 13.3. The fourth-order valence-electron chi connectivity index (χ4n) is 0.986. The standard InChI is InChI=1S/C10H13O3.BrH.Mg/c1-11-7-8-12-9-13-10-5-3-2-4-6-10;;/h3-6H,7-9H2,1H3;1H;/q;;+1/p-1. The van der Waals surface area contributed by atoms with E-state index >= 15 is 0 Å². The molecule has 0 aliphatic carbocycles. The summed E-state index contributed by atoms with van der Waals surface area (Å²) in [5.74, 6) is 0.839. The molecule has 0 bridgehead atoms. The average Bonchev–Trinajstić information content (AvgIpc) is 2.30. The minimum Gasteiger partial charge on any atom is -0.468 e. The number of halogens is 1. The van der Waals surface area contributed by atoms with E-state index in [1.54, 1.807) is 7.11 Å². The SMILES string of the molecule is COCCOCOc1cc[c]([Mg][Br])cc1. The molecule has 1 rings (SSSR count). The number of methoxy groups -OCH3 is 1. The van der Waals surface area contributed by atoms with Gasteiger partial charge < -0.3 is 14.2 Å². The second-order valence-corrected chi connectivity index (χ2v) is 5.71. The summed E-state index contributed by atoms with van der Waals surface area (Å²) in [4.78, 5) is 0. The molecular formula is C10H13BrMgO3. The van der Waals surface area contributed by atoms with E-state index in [0.717, 1.165) is 5.75 Å². The molecule has 3 nitrogen and oxygen atoms in total. The second-order valence-electron chi connectivity index (χ2n) is 2.94. The predicted molar refractivity (Wildman–Crippen MR) is 64.1 cm³/mol. The fourth-order valence-corrected chi connectivity index (χ4v) is 2.52. The van der Waals surface area contributed by atoms with E-state index in [1.807, 2.05) is 12.1 Å². The molecule has 0 atom stereocenters. The molecule has 0 aliphatic heterocycles. The van der Waals surface area contributed by atoms with Crippen molar-refractivity contribution < 1.29 is 14.2 Å². The van der Waals surface area contributed by atoms with E-state index in [1.165, 1.54) is 3.69 Å². The van der Waals surface area contributed by atoms with Gasteiger partial charge >= 0.3 is 18.2 Å². The van der Waals surface area contributed by atoms with Crippen LogP contribution < -0.4 is 8.43 Å². The van der Waals surface area contributed by atoms with Crippen molar-refractivity contribution in [1.29, 1.82) is 0 Å². The molecule has 0 spiro atoms. The molecular weight excluding hydrogens is 272 g/mol. The maximum Gasteiger partial charge on any atom is 0.506 e. The highest BCUT2D eigenvalue weighted by molar-refractivity contribution is 9.23. The van der Waals surface area contributed by atoms with Crippen molar-refractivity contribution in [2.75, 3.05) is 27.1 Å². The van der Waals surface area contributed by atoms with Crippen molar-refractivity contribution in [2.24, 2.45) is 0 Å². The monoisotopic (exact) mass is 284 g/mol. The second kappa shape index (κ2) is 8.35. The van der Waals surface area contributed by atoms with Crippen molar-refractivity contribution in [2.45, 2.75) is 0 Å². The summed E-state index contributed by atoms with van der Waals surface area (Å²) >= 11 is 3.28. The minimum atomic E-state index is -0.246. The maximum absolute atomic E-state index is 5.37. The first-order valence-corrected chi connectivity index (χ1v) is 9.32. The number of rotatable bonds is 7. The Kier molecular flexibility index (Phi) is 7.38. The summed E-state index contributed by atoms with van der Waals surface area (Å²) < 4.78 is 16.8. The van der Waals surface area contributed by atoms with Crippen molar-refractivity contribution in [3.05, 3.63) is 24.3 Å². The molecule has 1 aromatic carbocycles. The Bertz CT molecular complexity index is 266. The lowest BCUT2D eigenvalue weighted by Gasteiger charge is -2.07. The first-order chi connectivity index (χ1) is 7.36. The van der Waals surface area contributed by atoms with Crippen molar-refractivity contribution in [3.63, 3.8) is 0 Å². The Morgan fingerprint density at radius 1 is 1.20 bits per heavy atom. The summed E-state index contributed by atoms with van der Waals surface area (Å²) in [5.41, 5.74) is 0. The van der Waals surface area contributed by atoms with Gasteiger partial charge in [0.05, 0.1) is 13.2 Å². The zero-order valence-electron chi connectivity index (χ0n) is 8.74. The normalized spacial score (nSPS) is 9.73. The summed E-state index contributed by atoms with van der Waals surface area (Å²) in [6.07, 6.45) is 0. The first-order valence-electron chi connectivity index (χ1n) is 4.71. The lowest BCUT2D eigenvalue weighted by atomic mass is 10.3. The van der Waals surface area contributed by atoms with Crippen LogP contribution in [0.15, 0.2) is 24.3 Å². The van der Waals surface area contributed by atoms with Gasteiger partial charge in [0.2, 0.25) is 0 Å². The van der Waals surface area contributed by atoms with E-state index < -0.39 is 0 Å². The molecule has 5 heteroatoms. The Hall–Kier alpha value is 0.186. The molecule has 0 heterocycles. The van der Waals surface area contributed by atoms with Crippen LogP contribution in [0.5, 0.6) is 5.75 Å². The van der Waals surface area contributed by atoms with Gasteiger partial charge in [-0.3, -0.25) is 12.9 Å². The van der Waals surface area contributed by atoms with Gasteiger partial charge in [-0.1, -0.05) is 12.1 Å². The largest absolute Gasteiger partial charge is 0.506 e. The lowest BCUT2D eigenvalue weighted by Crippen LogP contribution is -2.09. The quantitative estimate of drug-likeness (QED) is 0.430. The van der Waals surface area contributed by atoms with Gasteiger partial charge in [-0.05, 0) is 12.1 Å². The third kappa shape index (κ3) is 5.72. The van der Waals surface area contributed by atoms with Crippen LogP contribution >= 0.6 is 12.9 Å². The maximum atomic E-state index is 5.37. The number of benzene rings is 1. The average molecular weight is 285 g/mol. The molecule has 15 heavy (non-hydrogen) atoms. The van der Waals surface area contributed by atoms with E-state index in [-0.39, 0.29) is 25.0 Å². The molecule has 0 N–H and O–H groups in total. The smallest absolute Gasteiger partial charge is 0.468 e. The summed E-state index contributed by atoms with van der Waals surface area (Å²) in [6.45, 7) is 1.43. The van der Waals surface area contributed by atoms with E-state index in [9.17, 15) is 0 Å². The van der Waals surface area contributed by atoms with Crippen molar-refractivity contribution >= 4 is 34.8 Å². The summed E-state index contributed by atoms with van der Waals surface area (Å²) in [6, 6.07) is 8.07. The molecule has 0 aromatic heterocycles. The molecule has 0 radical (unpaired) electrons. The highest BCUT2D eigenvalue weighted by Crippen LogP contribution is 2.07. The Morgan fingerprint density at radius 3 is 2.53 bits per heavy atom. The van der Waals surface area contributed by atoms with Crippen LogP contribution in [0.1, 0.15) is 0 Å². The van der Waals surface area contributed by atoms with Crippen LogP contribution in [0.25, 0.3) is 0 Å². The third-order valence-corrected chi connectivity index (χ3v) is 4.54. The van der Waals surface area contributed by atoms with Gasteiger partial charge in [-0.2, -0.15) is 3.69 Å². The molecule has 0 fully saturated rings. The minimum absolute atomic E-state index is 0.246. The van der Waals surface area contributed by atoms with Crippen LogP contribution in [0.2, 0.25) is 0 Å². The van der Waals surface area contributed by atoms with E-state index in [0.29, 0.717) is 13.2 Å². The molecule has 80 valence electrons. The molecule has 0 amide bonds. The van der Waals surface area contributed by atoms with Gasteiger partial charge in [-0.15, -0.1) is 0 Å². The van der Waals surface area contributed by atoms with E-state index in [4.69, 9.17) is 14.2 Å². The number of ether oxygens (including phenoxy) is 3. The van der Waals surface area contributed by atoms with Crippen LogP contribution in [0.3, 0.4) is 0 Å². The van der Waals surface area contributed by atoms with Gasteiger partial charge in [0.15, 0.2) is 6.79 Å². The zero-order chi connectivity index (χ0) is 10.9.